The number of nitrogens with zero attached hydrogens (tertiary/aromatic N) is 3. The lowest BCUT2D eigenvalue weighted by molar-refractivity contribution is 0.415. The van der Waals surface area contributed by atoms with Crippen molar-refractivity contribution in [2.45, 2.75) is 0 Å². The fourth-order valence-electron chi connectivity index (χ4n) is 1.17. The van der Waals surface area contributed by atoms with Crippen LogP contribution in [0.15, 0.2) is 24.4 Å². The molecule has 0 atom stereocenters. The lowest BCUT2D eigenvalue weighted by Crippen LogP contribution is -1.89. The summed E-state index contributed by atoms with van der Waals surface area (Å²) in [4.78, 5) is 8.19. The van der Waals surface area contributed by atoms with Crippen LogP contribution in [0.3, 0.4) is 0 Å². The maximum atomic E-state index is 8.64. The molecule has 0 saturated carbocycles. The normalized spacial score (nSPS) is 9.71. The molecule has 1 aromatic heterocycles. The van der Waals surface area contributed by atoms with E-state index in [2.05, 4.69) is 9.97 Å². The van der Waals surface area contributed by atoms with E-state index in [9.17, 15) is 0 Å². The molecule has 0 spiro atoms. The van der Waals surface area contributed by atoms with E-state index in [-0.39, 0.29) is 0 Å². The van der Waals surface area contributed by atoms with Gasteiger partial charge < -0.3 is 4.74 Å². The Morgan fingerprint density at radius 3 is 2.93 bits per heavy atom. The fraction of sp³-hybridized carbons (Fsp3) is 0.100. The zero-order valence-corrected chi connectivity index (χ0v) is 7.56. The number of ether oxygens (including phenoxy) is 1. The van der Waals surface area contributed by atoms with Crippen molar-refractivity contribution < 1.29 is 4.74 Å². The van der Waals surface area contributed by atoms with Crippen molar-refractivity contribution in [3.05, 3.63) is 30.1 Å². The Hall–Kier alpha value is -2.15. The third kappa shape index (κ3) is 1.36. The first-order chi connectivity index (χ1) is 6.83. The Labute approximate surface area is 80.8 Å². The number of rotatable bonds is 1. The quantitative estimate of drug-likeness (QED) is 0.675. The van der Waals surface area contributed by atoms with Gasteiger partial charge in [0.15, 0.2) is 5.69 Å². The summed E-state index contributed by atoms with van der Waals surface area (Å²) in [5.41, 5.74) is 1.74. The molecule has 4 heteroatoms. The number of hydrogen-bond donors (Lipinski definition) is 0. The summed E-state index contributed by atoms with van der Waals surface area (Å²) in [5, 5.41) is 8.64. The zero-order valence-electron chi connectivity index (χ0n) is 7.56. The smallest absolute Gasteiger partial charge is 0.159 e. The third-order valence-corrected chi connectivity index (χ3v) is 1.86. The first-order valence-corrected chi connectivity index (χ1v) is 4.04. The van der Waals surface area contributed by atoms with Crippen molar-refractivity contribution in [1.82, 2.24) is 9.97 Å². The number of fused-ring (bicyclic) bond motifs is 1. The van der Waals surface area contributed by atoms with Gasteiger partial charge in [0.1, 0.15) is 11.8 Å². The molecular weight excluding hydrogens is 178 g/mol. The van der Waals surface area contributed by atoms with Crippen LogP contribution in [0.5, 0.6) is 5.75 Å². The maximum absolute atomic E-state index is 8.64. The second-order valence-corrected chi connectivity index (χ2v) is 2.72. The van der Waals surface area contributed by atoms with Gasteiger partial charge in [0, 0.05) is 6.07 Å². The summed E-state index contributed by atoms with van der Waals surface area (Å²) in [6.45, 7) is 0. The molecule has 2 rings (SSSR count). The summed E-state index contributed by atoms with van der Waals surface area (Å²) in [7, 11) is 1.59. The van der Waals surface area contributed by atoms with Gasteiger partial charge in [-0.1, -0.05) is 0 Å². The highest BCUT2D eigenvalue weighted by Crippen LogP contribution is 2.17. The molecule has 0 aliphatic heterocycles. The molecule has 0 unspecified atom stereocenters. The van der Waals surface area contributed by atoms with Crippen molar-refractivity contribution in [3.63, 3.8) is 0 Å². The number of aromatic nitrogens is 2. The van der Waals surface area contributed by atoms with Crippen LogP contribution >= 0.6 is 0 Å². The van der Waals surface area contributed by atoms with E-state index in [1.165, 1.54) is 6.20 Å². The monoisotopic (exact) mass is 185 g/mol. The highest BCUT2D eigenvalue weighted by atomic mass is 16.5. The molecule has 1 heterocycles. The van der Waals surface area contributed by atoms with Gasteiger partial charge in [-0.05, 0) is 12.1 Å². The zero-order chi connectivity index (χ0) is 9.97. The van der Waals surface area contributed by atoms with Crippen LogP contribution in [0, 0.1) is 11.3 Å². The largest absolute Gasteiger partial charge is 0.497 e. The molecule has 0 fully saturated rings. The van der Waals surface area contributed by atoms with Gasteiger partial charge in [0.25, 0.3) is 0 Å². The van der Waals surface area contributed by atoms with Crippen LogP contribution in [0.4, 0.5) is 0 Å². The van der Waals surface area contributed by atoms with Gasteiger partial charge in [-0.2, -0.15) is 5.26 Å². The van der Waals surface area contributed by atoms with Crippen molar-refractivity contribution in [2.75, 3.05) is 7.11 Å². The summed E-state index contributed by atoms with van der Waals surface area (Å²) in [6, 6.07) is 7.31. The summed E-state index contributed by atoms with van der Waals surface area (Å²) in [6.07, 6.45) is 1.45. The second kappa shape index (κ2) is 3.30. The van der Waals surface area contributed by atoms with Gasteiger partial charge >= 0.3 is 0 Å². The van der Waals surface area contributed by atoms with E-state index in [4.69, 9.17) is 10.00 Å². The summed E-state index contributed by atoms with van der Waals surface area (Å²) < 4.78 is 5.05. The van der Waals surface area contributed by atoms with Crippen molar-refractivity contribution in [2.24, 2.45) is 0 Å². The molecule has 14 heavy (non-hydrogen) atoms. The predicted molar refractivity (Wildman–Crippen MR) is 50.8 cm³/mol. The molecule has 0 saturated heterocycles. The molecule has 0 bridgehead atoms. The highest BCUT2D eigenvalue weighted by Gasteiger charge is 2.00. The van der Waals surface area contributed by atoms with Gasteiger partial charge in [0.2, 0.25) is 0 Å². The standard InChI is InChI=1S/C10H7N3O/c1-14-8-2-3-9-10(4-8)13-7(5-11)6-12-9/h2-4,6H,1H3. The average molecular weight is 185 g/mol. The SMILES string of the molecule is COc1ccc2ncc(C#N)nc2c1. The van der Waals surface area contributed by atoms with Crippen LogP contribution in [-0.4, -0.2) is 17.1 Å². The molecule has 0 amide bonds. The van der Waals surface area contributed by atoms with Gasteiger partial charge in [-0.15, -0.1) is 0 Å². The van der Waals surface area contributed by atoms with Crippen LogP contribution < -0.4 is 4.74 Å². The number of methoxy groups -OCH3 is 1. The predicted octanol–water partition coefficient (Wildman–Crippen LogP) is 1.51. The molecule has 0 aliphatic rings. The van der Waals surface area contributed by atoms with Gasteiger partial charge in [0.05, 0.1) is 24.3 Å². The van der Waals surface area contributed by atoms with E-state index in [0.717, 1.165) is 5.52 Å². The Bertz CT molecular complexity index is 516. The van der Waals surface area contributed by atoms with Crippen LogP contribution in [0.1, 0.15) is 5.69 Å². The summed E-state index contributed by atoms with van der Waals surface area (Å²) in [5.74, 6) is 0.710. The maximum Gasteiger partial charge on any atom is 0.159 e. The van der Waals surface area contributed by atoms with Crippen molar-refractivity contribution in [1.29, 1.82) is 5.26 Å². The first kappa shape index (κ1) is 8.45. The van der Waals surface area contributed by atoms with Gasteiger partial charge in [-0.3, -0.25) is 4.98 Å². The first-order valence-electron chi connectivity index (χ1n) is 4.04. The van der Waals surface area contributed by atoms with E-state index >= 15 is 0 Å². The molecule has 0 aliphatic carbocycles. The Balaban J connectivity index is 2.67. The molecule has 68 valence electrons. The van der Waals surface area contributed by atoms with E-state index in [1.807, 2.05) is 18.2 Å². The molecule has 2 aromatic rings. The van der Waals surface area contributed by atoms with Crippen LogP contribution in [0.25, 0.3) is 11.0 Å². The minimum Gasteiger partial charge on any atom is -0.497 e. The number of benzene rings is 1. The fourth-order valence-corrected chi connectivity index (χ4v) is 1.17. The minimum absolute atomic E-state index is 0.311. The van der Waals surface area contributed by atoms with E-state index in [0.29, 0.717) is 17.0 Å². The molecule has 0 N–H and O–H groups in total. The second-order valence-electron chi connectivity index (χ2n) is 2.72. The average Bonchev–Trinajstić information content (AvgIpc) is 2.27. The number of nitriles is 1. The van der Waals surface area contributed by atoms with Gasteiger partial charge in [-0.25, -0.2) is 4.98 Å². The van der Waals surface area contributed by atoms with Crippen molar-refractivity contribution in [3.8, 4) is 11.8 Å². The Kier molecular flexibility index (Phi) is 1.99. The molecular formula is C10H7N3O. The Morgan fingerprint density at radius 2 is 2.21 bits per heavy atom. The lowest BCUT2D eigenvalue weighted by atomic mass is 10.3. The molecule has 0 radical (unpaired) electrons. The third-order valence-electron chi connectivity index (χ3n) is 1.86. The number of hydrogen-bond acceptors (Lipinski definition) is 4. The molecule has 1 aromatic carbocycles. The van der Waals surface area contributed by atoms with Crippen LogP contribution in [0.2, 0.25) is 0 Å². The topological polar surface area (TPSA) is 58.8 Å². The summed E-state index contributed by atoms with van der Waals surface area (Å²) >= 11 is 0. The molecule has 4 nitrogen and oxygen atoms in total. The van der Waals surface area contributed by atoms with Crippen LogP contribution in [-0.2, 0) is 0 Å². The Morgan fingerprint density at radius 1 is 1.36 bits per heavy atom. The lowest BCUT2D eigenvalue weighted by Gasteiger charge is -2.00. The minimum atomic E-state index is 0.311. The van der Waals surface area contributed by atoms with Crippen molar-refractivity contribution >= 4 is 11.0 Å². The van der Waals surface area contributed by atoms with E-state index in [1.54, 1.807) is 13.2 Å². The highest BCUT2D eigenvalue weighted by molar-refractivity contribution is 5.76. The van der Waals surface area contributed by atoms with E-state index < -0.39 is 0 Å².